The van der Waals surface area contributed by atoms with Crippen LogP contribution in [0, 0.1) is 13.8 Å². The van der Waals surface area contributed by atoms with Gasteiger partial charge in [-0.2, -0.15) is 13.2 Å². The molecule has 0 radical (unpaired) electrons. The van der Waals surface area contributed by atoms with E-state index in [0.29, 0.717) is 36.1 Å². The first-order chi connectivity index (χ1) is 18.4. The molecular weight excluding hydrogens is 509 g/mol. The minimum absolute atomic E-state index is 0.0310. The number of nitrogens with zero attached hydrogens (tertiary/aromatic N) is 2. The van der Waals surface area contributed by atoms with Crippen LogP contribution in [0.5, 0.6) is 0 Å². The molecule has 3 fully saturated rings. The summed E-state index contributed by atoms with van der Waals surface area (Å²) in [5.41, 5.74) is 0.576. The maximum absolute atomic E-state index is 14.1. The highest BCUT2D eigenvalue weighted by Crippen LogP contribution is 2.46. The molecule has 1 saturated heterocycles. The molecule has 0 aromatic heterocycles. The Bertz CT molecular complexity index is 1300. The first-order valence-electron chi connectivity index (χ1n) is 13.6. The Morgan fingerprint density at radius 2 is 1.54 bits per heavy atom. The van der Waals surface area contributed by atoms with Crippen LogP contribution < -0.4 is 0 Å². The second-order valence-corrected chi connectivity index (χ2v) is 11.3. The molecule has 2 aliphatic carbocycles. The Balaban J connectivity index is 1.36. The van der Waals surface area contributed by atoms with E-state index in [0.717, 1.165) is 38.2 Å². The number of hydrogen-bond acceptors (Lipinski definition) is 3. The lowest BCUT2D eigenvalue weighted by atomic mass is 9.81. The highest BCUT2D eigenvalue weighted by Gasteiger charge is 2.54. The van der Waals surface area contributed by atoms with Crippen LogP contribution in [0.2, 0.25) is 0 Å². The van der Waals surface area contributed by atoms with E-state index < -0.39 is 29.2 Å². The summed E-state index contributed by atoms with van der Waals surface area (Å²) in [4.78, 5) is 41.7. The van der Waals surface area contributed by atoms with Gasteiger partial charge in [-0.1, -0.05) is 25.3 Å². The molecule has 1 aliphatic heterocycles. The van der Waals surface area contributed by atoms with E-state index in [2.05, 4.69) is 0 Å². The molecule has 1 N–H and O–H groups in total. The van der Waals surface area contributed by atoms with Gasteiger partial charge < -0.3 is 14.9 Å². The van der Waals surface area contributed by atoms with E-state index in [-0.39, 0.29) is 41.6 Å². The lowest BCUT2D eigenvalue weighted by Crippen LogP contribution is -2.58. The van der Waals surface area contributed by atoms with E-state index in [1.54, 1.807) is 35.8 Å². The van der Waals surface area contributed by atoms with Gasteiger partial charge in [0.1, 0.15) is 0 Å². The quantitative estimate of drug-likeness (QED) is 0.499. The van der Waals surface area contributed by atoms with E-state index in [1.807, 2.05) is 0 Å². The Kier molecular flexibility index (Phi) is 6.97. The van der Waals surface area contributed by atoms with Crippen molar-refractivity contribution in [3.05, 3.63) is 69.3 Å². The van der Waals surface area contributed by atoms with Crippen LogP contribution in [0.4, 0.5) is 13.2 Å². The van der Waals surface area contributed by atoms with Crippen molar-refractivity contribution in [3.8, 4) is 0 Å². The Labute approximate surface area is 225 Å². The molecule has 9 heteroatoms. The van der Waals surface area contributed by atoms with Gasteiger partial charge in [-0.3, -0.25) is 9.59 Å². The molecule has 3 aliphatic rings. The maximum atomic E-state index is 14.1. The van der Waals surface area contributed by atoms with E-state index in [4.69, 9.17) is 0 Å². The minimum atomic E-state index is -4.54. The number of hydrogen-bond donors (Lipinski definition) is 1. The van der Waals surface area contributed by atoms with Gasteiger partial charge in [-0.15, -0.1) is 0 Å². The average molecular weight is 543 g/mol. The standard InChI is InChI=1S/C30H33F3N2O4/c1-18-14-22(15-19(2)25(18)28(38)39)26(36)34-12-13-35(29(17-34)10-11-29)27(37)21-8-9-23(20-6-4-3-5-7-20)24(16-21)30(31,32)33/h8-9,14-16,20H,3-7,10-13,17H2,1-2H3,(H,38,39). The van der Waals surface area contributed by atoms with Crippen LogP contribution in [0.3, 0.4) is 0 Å². The van der Waals surface area contributed by atoms with Gasteiger partial charge in [0.2, 0.25) is 0 Å². The van der Waals surface area contributed by atoms with Crippen molar-refractivity contribution < 1.29 is 32.7 Å². The summed E-state index contributed by atoms with van der Waals surface area (Å²) >= 11 is 0. The zero-order chi connectivity index (χ0) is 28.1. The fourth-order valence-electron chi connectivity index (χ4n) is 6.51. The summed E-state index contributed by atoms with van der Waals surface area (Å²) in [6, 6.07) is 7.20. The van der Waals surface area contributed by atoms with Gasteiger partial charge in [0.25, 0.3) is 11.8 Å². The van der Waals surface area contributed by atoms with Crippen molar-refractivity contribution in [1.29, 1.82) is 0 Å². The van der Waals surface area contributed by atoms with Crippen LogP contribution in [0.1, 0.15) is 104 Å². The minimum Gasteiger partial charge on any atom is -0.478 e. The van der Waals surface area contributed by atoms with Crippen molar-refractivity contribution in [2.24, 2.45) is 0 Å². The van der Waals surface area contributed by atoms with Crippen LogP contribution >= 0.6 is 0 Å². The molecule has 2 aromatic carbocycles. The van der Waals surface area contributed by atoms with Gasteiger partial charge in [0, 0.05) is 30.8 Å². The third-order valence-electron chi connectivity index (χ3n) is 8.65. The molecule has 6 nitrogen and oxygen atoms in total. The Morgan fingerprint density at radius 3 is 2.10 bits per heavy atom. The lowest BCUT2D eigenvalue weighted by molar-refractivity contribution is -0.138. The number of piperazine rings is 1. The predicted octanol–water partition coefficient (Wildman–Crippen LogP) is 6.20. The van der Waals surface area contributed by atoms with Crippen LogP contribution in [0.15, 0.2) is 30.3 Å². The van der Waals surface area contributed by atoms with Gasteiger partial charge in [-0.25, -0.2) is 4.79 Å². The van der Waals surface area contributed by atoms with Gasteiger partial charge in [-0.05, 0) is 86.4 Å². The summed E-state index contributed by atoms with van der Waals surface area (Å²) in [6.07, 6.45) is 1.13. The van der Waals surface area contributed by atoms with E-state index in [1.165, 1.54) is 12.1 Å². The first kappa shape index (κ1) is 27.2. The second kappa shape index (κ2) is 9.99. The third-order valence-corrected chi connectivity index (χ3v) is 8.65. The molecule has 2 amide bonds. The number of carbonyl (C=O) groups excluding carboxylic acids is 2. The summed E-state index contributed by atoms with van der Waals surface area (Å²) < 4.78 is 42.2. The van der Waals surface area contributed by atoms with Gasteiger partial charge >= 0.3 is 12.1 Å². The number of carbonyl (C=O) groups is 3. The number of carboxylic acids is 1. The zero-order valence-corrected chi connectivity index (χ0v) is 22.2. The number of halogens is 3. The maximum Gasteiger partial charge on any atom is 0.416 e. The highest BCUT2D eigenvalue weighted by molar-refractivity contribution is 5.99. The van der Waals surface area contributed by atoms with Crippen LogP contribution in [-0.2, 0) is 6.18 Å². The largest absolute Gasteiger partial charge is 0.478 e. The molecule has 208 valence electrons. The van der Waals surface area contributed by atoms with Crippen molar-refractivity contribution >= 4 is 17.8 Å². The number of aromatic carboxylic acids is 1. The Morgan fingerprint density at radius 1 is 0.897 bits per heavy atom. The monoisotopic (exact) mass is 542 g/mol. The number of rotatable bonds is 4. The summed E-state index contributed by atoms with van der Waals surface area (Å²) in [7, 11) is 0. The Hall–Kier alpha value is -3.36. The van der Waals surface area contributed by atoms with Crippen molar-refractivity contribution in [2.75, 3.05) is 19.6 Å². The second-order valence-electron chi connectivity index (χ2n) is 11.3. The fraction of sp³-hybridized carbons (Fsp3) is 0.500. The van der Waals surface area contributed by atoms with Gasteiger partial charge in [0.05, 0.1) is 16.7 Å². The molecule has 0 atom stereocenters. The summed E-state index contributed by atoms with van der Waals surface area (Å²) in [5.74, 6) is -1.86. The predicted molar refractivity (Wildman–Crippen MR) is 139 cm³/mol. The summed E-state index contributed by atoms with van der Waals surface area (Å²) in [6.45, 7) is 4.07. The first-order valence-corrected chi connectivity index (χ1v) is 13.6. The molecule has 1 spiro atoms. The number of benzene rings is 2. The molecular formula is C30H33F3N2O4. The molecule has 2 saturated carbocycles. The molecule has 5 rings (SSSR count). The lowest BCUT2D eigenvalue weighted by Gasteiger charge is -2.42. The molecule has 2 aromatic rings. The fourth-order valence-corrected chi connectivity index (χ4v) is 6.51. The smallest absolute Gasteiger partial charge is 0.416 e. The highest BCUT2D eigenvalue weighted by atomic mass is 19.4. The topological polar surface area (TPSA) is 77.9 Å². The average Bonchev–Trinajstić information content (AvgIpc) is 3.65. The van der Waals surface area contributed by atoms with Crippen molar-refractivity contribution in [3.63, 3.8) is 0 Å². The molecule has 39 heavy (non-hydrogen) atoms. The SMILES string of the molecule is Cc1cc(C(=O)N2CCN(C(=O)c3ccc(C4CCCCC4)c(C(F)(F)F)c3)C3(CC3)C2)cc(C)c1C(=O)O. The molecule has 1 heterocycles. The number of aryl methyl sites for hydroxylation is 2. The molecule has 0 bridgehead atoms. The van der Waals surface area contributed by atoms with Crippen molar-refractivity contribution in [1.82, 2.24) is 9.80 Å². The van der Waals surface area contributed by atoms with Gasteiger partial charge in [0.15, 0.2) is 0 Å². The zero-order valence-electron chi connectivity index (χ0n) is 22.2. The van der Waals surface area contributed by atoms with Crippen molar-refractivity contribution in [2.45, 2.75) is 76.4 Å². The number of carboxylic acid groups (broad SMARTS) is 1. The number of alkyl halides is 3. The molecule has 0 unspecified atom stereocenters. The van der Waals surface area contributed by atoms with E-state index >= 15 is 0 Å². The van der Waals surface area contributed by atoms with Crippen LogP contribution in [-0.4, -0.2) is 57.9 Å². The van der Waals surface area contributed by atoms with E-state index in [9.17, 15) is 32.7 Å². The van der Waals surface area contributed by atoms with Crippen LogP contribution in [0.25, 0.3) is 0 Å². The summed E-state index contributed by atoms with van der Waals surface area (Å²) in [5, 5.41) is 9.42. The third kappa shape index (κ3) is 5.15. The number of amides is 2. The normalized spacial score (nSPS) is 19.3.